The van der Waals surface area contributed by atoms with Crippen molar-refractivity contribution in [3.63, 3.8) is 0 Å². The van der Waals surface area contributed by atoms with E-state index in [4.69, 9.17) is 0 Å². The first kappa shape index (κ1) is 18.5. The van der Waals surface area contributed by atoms with Gasteiger partial charge in [0.05, 0.1) is 22.8 Å². The van der Waals surface area contributed by atoms with Crippen LogP contribution in [0.4, 0.5) is 19.0 Å². The Bertz CT molecular complexity index is 1040. The van der Waals surface area contributed by atoms with Crippen LogP contribution in [-0.2, 0) is 12.7 Å². The van der Waals surface area contributed by atoms with E-state index >= 15 is 0 Å². The van der Waals surface area contributed by atoms with Crippen molar-refractivity contribution in [3.05, 3.63) is 64.8 Å². The predicted octanol–water partition coefficient (Wildman–Crippen LogP) is 3.73. The first-order valence-corrected chi connectivity index (χ1v) is 9.14. The molecular weight excluding hydrogens is 369 g/mol. The highest BCUT2D eigenvalue weighted by atomic mass is 19.4. The molecule has 0 N–H and O–H groups in total. The lowest BCUT2D eigenvalue weighted by Crippen LogP contribution is -2.37. The lowest BCUT2D eigenvalue weighted by molar-refractivity contribution is -0.137. The van der Waals surface area contributed by atoms with Crippen molar-refractivity contribution in [1.29, 1.82) is 0 Å². The minimum Gasteiger partial charge on any atom is -0.357 e. The number of fused-ring (bicyclic) bond motifs is 1. The Labute approximate surface area is 159 Å². The van der Waals surface area contributed by atoms with Gasteiger partial charge in [-0.15, -0.1) is 0 Å². The number of pyridine rings is 1. The summed E-state index contributed by atoms with van der Waals surface area (Å²) in [5.74, 6) is 0.612. The zero-order valence-corrected chi connectivity index (χ0v) is 15.1. The second-order valence-corrected chi connectivity index (χ2v) is 7.05. The summed E-state index contributed by atoms with van der Waals surface area (Å²) in [5.41, 5.74) is -0.0739. The van der Waals surface area contributed by atoms with Crippen LogP contribution >= 0.6 is 0 Å². The molecular formula is C20H19F3N4O. The molecule has 0 saturated carbocycles. The minimum absolute atomic E-state index is 0.0624. The van der Waals surface area contributed by atoms with Crippen molar-refractivity contribution in [3.8, 4) is 0 Å². The molecule has 1 fully saturated rings. The number of piperidine rings is 1. The molecule has 0 amide bonds. The molecule has 3 aromatic rings. The normalized spacial score (nSPS) is 15.9. The zero-order chi connectivity index (χ0) is 19.7. The third kappa shape index (κ3) is 3.72. The summed E-state index contributed by atoms with van der Waals surface area (Å²) < 4.78 is 40.3. The lowest BCUT2D eigenvalue weighted by Gasteiger charge is -2.33. The summed E-state index contributed by atoms with van der Waals surface area (Å²) in [6, 6.07) is 9.31. The van der Waals surface area contributed by atoms with Crippen LogP contribution in [0.15, 0.2) is 53.7 Å². The fourth-order valence-electron chi connectivity index (χ4n) is 3.63. The standard InChI is InChI=1S/C20H19F3N4O/c21-20(22,23)15-5-8-24-18(11-15)26-9-6-14(7-10-26)12-27-13-25-17-4-2-1-3-16(17)19(27)28/h1-5,8,11,13-14H,6-7,9-10,12H2. The smallest absolute Gasteiger partial charge is 0.357 e. The van der Waals surface area contributed by atoms with E-state index in [9.17, 15) is 18.0 Å². The van der Waals surface area contributed by atoms with E-state index in [1.54, 1.807) is 17.0 Å². The van der Waals surface area contributed by atoms with Crippen LogP contribution in [-0.4, -0.2) is 27.6 Å². The van der Waals surface area contributed by atoms with E-state index in [0.29, 0.717) is 36.4 Å². The largest absolute Gasteiger partial charge is 0.416 e. The predicted molar refractivity (Wildman–Crippen MR) is 100 cm³/mol. The summed E-state index contributed by atoms with van der Waals surface area (Å²) in [4.78, 5) is 22.9. The maximum Gasteiger partial charge on any atom is 0.416 e. The van der Waals surface area contributed by atoms with Gasteiger partial charge in [-0.25, -0.2) is 9.97 Å². The van der Waals surface area contributed by atoms with Crippen LogP contribution in [0, 0.1) is 5.92 Å². The fraction of sp³-hybridized carbons (Fsp3) is 0.350. The SMILES string of the molecule is O=c1c2ccccc2ncn1CC1CCN(c2cc(C(F)(F)F)ccn2)CC1. The molecule has 1 aromatic carbocycles. The summed E-state index contributed by atoms with van der Waals surface area (Å²) >= 11 is 0. The van der Waals surface area contributed by atoms with Crippen LogP contribution < -0.4 is 10.5 Å². The van der Waals surface area contributed by atoms with Crippen LogP contribution in [0.2, 0.25) is 0 Å². The molecule has 0 atom stereocenters. The first-order valence-electron chi connectivity index (χ1n) is 9.14. The van der Waals surface area contributed by atoms with Gasteiger partial charge in [0.1, 0.15) is 5.82 Å². The lowest BCUT2D eigenvalue weighted by atomic mass is 9.96. The molecule has 146 valence electrons. The fourth-order valence-corrected chi connectivity index (χ4v) is 3.63. The van der Waals surface area contributed by atoms with Gasteiger partial charge >= 0.3 is 6.18 Å². The molecule has 0 bridgehead atoms. The van der Waals surface area contributed by atoms with Gasteiger partial charge in [-0.1, -0.05) is 12.1 Å². The monoisotopic (exact) mass is 388 g/mol. The number of nitrogens with zero attached hydrogens (tertiary/aromatic N) is 4. The van der Waals surface area contributed by atoms with Crippen molar-refractivity contribution in [2.24, 2.45) is 5.92 Å². The Morgan fingerprint density at radius 2 is 1.82 bits per heavy atom. The molecule has 0 unspecified atom stereocenters. The number of hydrogen-bond acceptors (Lipinski definition) is 4. The van der Waals surface area contributed by atoms with Crippen molar-refractivity contribution >= 4 is 16.7 Å². The number of rotatable bonds is 3. The molecule has 0 aliphatic carbocycles. The molecule has 0 radical (unpaired) electrons. The Hall–Kier alpha value is -2.90. The maximum atomic E-state index is 12.9. The number of hydrogen-bond donors (Lipinski definition) is 0. The van der Waals surface area contributed by atoms with Crippen molar-refractivity contribution in [2.45, 2.75) is 25.6 Å². The topological polar surface area (TPSA) is 51.0 Å². The zero-order valence-electron chi connectivity index (χ0n) is 15.1. The highest BCUT2D eigenvalue weighted by molar-refractivity contribution is 5.76. The molecule has 1 aliphatic heterocycles. The Balaban J connectivity index is 1.44. The number of aromatic nitrogens is 3. The van der Waals surface area contributed by atoms with E-state index in [1.807, 2.05) is 23.1 Å². The van der Waals surface area contributed by atoms with Crippen molar-refractivity contribution in [1.82, 2.24) is 14.5 Å². The summed E-state index contributed by atoms with van der Waals surface area (Å²) in [7, 11) is 0. The molecule has 2 aromatic heterocycles. The molecule has 5 nitrogen and oxygen atoms in total. The van der Waals surface area contributed by atoms with Gasteiger partial charge in [0.15, 0.2) is 0 Å². The highest BCUT2D eigenvalue weighted by Gasteiger charge is 2.31. The minimum atomic E-state index is -4.37. The average molecular weight is 388 g/mol. The van der Waals surface area contributed by atoms with Crippen LogP contribution in [0.25, 0.3) is 10.9 Å². The summed E-state index contributed by atoms with van der Waals surface area (Å²) in [6.45, 7) is 1.77. The van der Waals surface area contributed by atoms with Gasteiger partial charge in [0.2, 0.25) is 0 Å². The van der Waals surface area contributed by atoms with Gasteiger partial charge in [0.25, 0.3) is 5.56 Å². The number of alkyl halides is 3. The number of anilines is 1. The number of halogens is 3. The molecule has 3 heterocycles. The van der Waals surface area contributed by atoms with Gasteiger partial charge < -0.3 is 4.90 Å². The summed E-state index contributed by atoms with van der Waals surface area (Å²) in [6.07, 6.45) is -0.0510. The summed E-state index contributed by atoms with van der Waals surface area (Å²) in [5, 5.41) is 0.593. The van der Waals surface area contributed by atoms with E-state index < -0.39 is 11.7 Å². The average Bonchev–Trinajstić information content (AvgIpc) is 2.70. The third-order valence-corrected chi connectivity index (χ3v) is 5.20. The second-order valence-electron chi connectivity index (χ2n) is 7.05. The van der Waals surface area contributed by atoms with Gasteiger partial charge in [-0.2, -0.15) is 13.2 Å². The van der Waals surface area contributed by atoms with Crippen molar-refractivity contribution in [2.75, 3.05) is 18.0 Å². The van der Waals surface area contributed by atoms with Crippen LogP contribution in [0.3, 0.4) is 0 Å². The Kier molecular flexibility index (Phi) is 4.78. The Morgan fingerprint density at radius 1 is 1.07 bits per heavy atom. The van der Waals surface area contributed by atoms with Crippen LogP contribution in [0.5, 0.6) is 0 Å². The van der Waals surface area contributed by atoms with E-state index in [-0.39, 0.29) is 11.5 Å². The van der Waals surface area contributed by atoms with Gasteiger partial charge in [0, 0.05) is 25.8 Å². The van der Waals surface area contributed by atoms with E-state index in [0.717, 1.165) is 25.0 Å². The Morgan fingerprint density at radius 3 is 2.57 bits per heavy atom. The molecule has 1 saturated heterocycles. The van der Waals surface area contributed by atoms with Gasteiger partial charge in [-0.05, 0) is 43.0 Å². The quantitative estimate of drug-likeness (QED) is 0.686. The number of benzene rings is 1. The van der Waals surface area contributed by atoms with E-state index in [2.05, 4.69) is 9.97 Å². The maximum absolute atomic E-state index is 12.9. The molecule has 4 rings (SSSR count). The first-order chi connectivity index (χ1) is 13.4. The third-order valence-electron chi connectivity index (χ3n) is 5.20. The van der Waals surface area contributed by atoms with Gasteiger partial charge in [-0.3, -0.25) is 9.36 Å². The van der Waals surface area contributed by atoms with Crippen molar-refractivity contribution < 1.29 is 13.2 Å². The molecule has 0 spiro atoms. The molecule has 8 heteroatoms. The highest BCUT2D eigenvalue weighted by Crippen LogP contribution is 2.31. The molecule has 28 heavy (non-hydrogen) atoms. The second kappa shape index (κ2) is 7.26. The van der Waals surface area contributed by atoms with Crippen LogP contribution in [0.1, 0.15) is 18.4 Å². The van der Waals surface area contributed by atoms with E-state index in [1.165, 1.54) is 6.20 Å². The number of para-hydroxylation sites is 1. The molecule has 1 aliphatic rings.